The van der Waals surface area contributed by atoms with E-state index in [1.165, 1.54) is 5.56 Å². The summed E-state index contributed by atoms with van der Waals surface area (Å²) in [6, 6.07) is 9.90. The average Bonchev–Trinajstić information content (AvgIpc) is 2.35. The maximum absolute atomic E-state index is 11.0. The smallest absolute Gasteiger partial charge is 0.312 e. The molecule has 0 saturated heterocycles. The molecule has 1 heterocycles. The van der Waals surface area contributed by atoms with Gasteiger partial charge in [0.25, 0.3) is 0 Å². The number of pyridine rings is 1. The Bertz CT molecular complexity index is 626. The molecule has 2 rings (SSSR count). The zero-order valence-corrected chi connectivity index (χ0v) is 11.8. The van der Waals surface area contributed by atoms with Crippen LogP contribution in [0.15, 0.2) is 30.3 Å². The summed E-state index contributed by atoms with van der Waals surface area (Å²) in [5, 5.41) is 10.1. The van der Waals surface area contributed by atoms with Gasteiger partial charge >= 0.3 is 5.97 Å². The van der Waals surface area contributed by atoms with Crippen LogP contribution in [-0.4, -0.2) is 16.1 Å². The monoisotopic (exact) mass is 257 g/mol. The van der Waals surface area contributed by atoms with Crippen molar-refractivity contribution in [3.8, 4) is 0 Å². The second kappa shape index (κ2) is 4.65. The molecule has 0 spiro atoms. The van der Waals surface area contributed by atoms with E-state index in [9.17, 15) is 4.79 Å². The van der Waals surface area contributed by atoms with Crippen molar-refractivity contribution in [2.45, 2.75) is 39.0 Å². The van der Waals surface area contributed by atoms with Gasteiger partial charge in [-0.05, 0) is 36.1 Å². The van der Waals surface area contributed by atoms with Gasteiger partial charge in [-0.2, -0.15) is 0 Å². The minimum absolute atomic E-state index is 0.0984. The third-order valence-corrected chi connectivity index (χ3v) is 3.39. The second-order valence-electron chi connectivity index (χ2n) is 5.95. The number of carboxylic acid groups (broad SMARTS) is 1. The van der Waals surface area contributed by atoms with Crippen LogP contribution in [0.5, 0.6) is 0 Å². The van der Waals surface area contributed by atoms with Gasteiger partial charge in [0.15, 0.2) is 0 Å². The number of hydrogen-bond acceptors (Lipinski definition) is 2. The molecule has 1 aromatic carbocycles. The van der Waals surface area contributed by atoms with Crippen LogP contribution < -0.4 is 0 Å². The highest BCUT2D eigenvalue weighted by atomic mass is 16.4. The van der Waals surface area contributed by atoms with Gasteiger partial charge in [-0.3, -0.25) is 9.78 Å². The molecule has 1 aromatic heterocycles. The van der Waals surface area contributed by atoms with Crippen molar-refractivity contribution < 1.29 is 9.90 Å². The molecule has 100 valence electrons. The van der Waals surface area contributed by atoms with Gasteiger partial charge in [0.1, 0.15) is 0 Å². The van der Waals surface area contributed by atoms with Crippen molar-refractivity contribution in [1.29, 1.82) is 0 Å². The van der Waals surface area contributed by atoms with Gasteiger partial charge in [-0.25, -0.2) is 0 Å². The fraction of sp³-hybridized carbons (Fsp3) is 0.375. The zero-order valence-electron chi connectivity index (χ0n) is 11.8. The first-order valence-electron chi connectivity index (χ1n) is 6.43. The Kier molecular flexibility index (Phi) is 3.31. The van der Waals surface area contributed by atoms with Gasteiger partial charge in [0, 0.05) is 5.39 Å². The van der Waals surface area contributed by atoms with Crippen LogP contribution >= 0.6 is 0 Å². The van der Waals surface area contributed by atoms with E-state index in [1.807, 2.05) is 12.1 Å². The first kappa shape index (κ1) is 13.5. The van der Waals surface area contributed by atoms with Crippen molar-refractivity contribution in [2.24, 2.45) is 0 Å². The number of nitrogens with zero attached hydrogens (tertiary/aromatic N) is 1. The van der Waals surface area contributed by atoms with Crippen LogP contribution in [0.2, 0.25) is 0 Å². The van der Waals surface area contributed by atoms with Gasteiger partial charge in [0.2, 0.25) is 0 Å². The van der Waals surface area contributed by atoms with E-state index in [4.69, 9.17) is 5.11 Å². The summed E-state index contributed by atoms with van der Waals surface area (Å²) in [5.41, 5.74) is 2.80. The number of rotatable bonds is 2. The predicted octanol–water partition coefficient (Wildman–Crippen LogP) is 3.72. The lowest BCUT2D eigenvalue weighted by molar-refractivity contribution is -0.138. The largest absolute Gasteiger partial charge is 0.481 e. The molecule has 0 fully saturated rings. The van der Waals surface area contributed by atoms with E-state index in [2.05, 4.69) is 37.9 Å². The quantitative estimate of drug-likeness (QED) is 0.892. The van der Waals surface area contributed by atoms with Gasteiger partial charge in [0.05, 0.1) is 17.1 Å². The Labute approximate surface area is 113 Å². The van der Waals surface area contributed by atoms with E-state index in [-0.39, 0.29) is 5.41 Å². The summed E-state index contributed by atoms with van der Waals surface area (Å²) in [6.07, 6.45) is 0. The molecule has 1 N–H and O–H groups in total. The highest BCUT2D eigenvalue weighted by Gasteiger charge is 2.17. The molecule has 3 heteroatoms. The van der Waals surface area contributed by atoms with Gasteiger partial charge in [-0.15, -0.1) is 0 Å². The third kappa shape index (κ3) is 2.75. The lowest BCUT2D eigenvalue weighted by atomic mass is 9.86. The number of aliphatic carboxylic acids is 1. The maximum Gasteiger partial charge on any atom is 0.312 e. The molecule has 0 amide bonds. The van der Waals surface area contributed by atoms with Crippen LogP contribution in [-0.2, 0) is 10.2 Å². The molecule has 19 heavy (non-hydrogen) atoms. The van der Waals surface area contributed by atoms with Crippen LogP contribution in [0.25, 0.3) is 10.9 Å². The Morgan fingerprint density at radius 2 is 1.89 bits per heavy atom. The Morgan fingerprint density at radius 3 is 2.47 bits per heavy atom. The standard InChI is InChI=1S/C16H19NO2/c1-10(15(18)19)13-7-5-11-9-12(16(2,3)4)6-8-14(11)17-13/h5-10H,1-4H3,(H,18,19). The molecule has 0 radical (unpaired) electrons. The van der Waals surface area contributed by atoms with Crippen molar-refractivity contribution >= 4 is 16.9 Å². The first-order valence-corrected chi connectivity index (χ1v) is 6.43. The van der Waals surface area contributed by atoms with Crippen LogP contribution in [0.4, 0.5) is 0 Å². The third-order valence-electron chi connectivity index (χ3n) is 3.39. The Morgan fingerprint density at radius 1 is 1.21 bits per heavy atom. The van der Waals surface area contributed by atoms with Crippen molar-refractivity contribution in [3.63, 3.8) is 0 Å². The molecule has 0 aliphatic rings. The summed E-state index contributed by atoms with van der Waals surface area (Å²) in [6.45, 7) is 8.16. The van der Waals surface area contributed by atoms with E-state index < -0.39 is 11.9 Å². The molecule has 1 unspecified atom stereocenters. The summed E-state index contributed by atoms with van der Waals surface area (Å²) >= 11 is 0. The molecular formula is C16H19NO2. The van der Waals surface area contributed by atoms with E-state index in [0.29, 0.717) is 5.69 Å². The molecule has 2 aromatic rings. The molecule has 0 aliphatic carbocycles. The van der Waals surface area contributed by atoms with Crippen molar-refractivity contribution in [3.05, 3.63) is 41.6 Å². The summed E-state index contributed by atoms with van der Waals surface area (Å²) in [5.74, 6) is -1.43. The first-order chi connectivity index (χ1) is 8.79. The second-order valence-corrected chi connectivity index (χ2v) is 5.95. The average molecular weight is 257 g/mol. The molecular weight excluding hydrogens is 238 g/mol. The molecule has 1 atom stereocenters. The summed E-state index contributed by atoms with van der Waals surface area (Å²) in [4.78, 5) is 15.4. The fourth-order valence-electron chi connectivity index (χ4n) is 1.98. The van der Waals surface area contributed by atoms with Crippen LogP contribution in [0, 0.1) is 0 Å². The normalized spacial score (nSPS) is 13.5. The number of carboxylic acids is 1. The predicted molar refractivity (Wildman–Crippen MR) is 76.5 cm³/mol. The van der Waals surface area contributed by atoms with Gasteiger partial charge in [-0.1, -0.05) is 32.9 Å². The molecule has 0 bridgehead atoms. The lowest BCUT2D eigenvalue weighted by Gasteiger charge is -2.19. The Balaban J connectivity index is 2.49. The fourth-order valence-corrected chi connectivity index (χ4v) is 1.98. The number of aromatic nitrogens is 1. The minimum Gasteiger partial charge on any atom is -0.481 e. The van der Waals surface area contributed by atoms with E-state index in [1.54, 1.807) is 13.0 Å². The van der Waals surface area contributed by atoms with Crippen LogP contribution in [0.1, 0.15) is 44.9 Å². The highest BCUT2D eigenvalue weighted by Crippen LogP contribution is 2.26. The van der Waals surface area contributed by atoms with Crippen LogP contribution in [0.3, 0.4) is 0 Å². The minimum atomic E-state index is -0.849. The Hall–Kier alpha value is -1.90. The number of hydrogen-bond donors (Lipinski definition) is 1. The SMILES string of the molecule is CC(C(=O)O)c1ccc2cc(C(C)(C)C)ccc2n1. The summed E-state index contributed by atoms with van der Waals surface area (Å²) < 4.78 is 0. The number of carbonyl (C=O) groups is 1. The lowest BCUT2D eigenvalue weighted by Crippen LogP contribution is -2.11. The highest BCUT2D eigenvalue weighted by molar-refractivity contribution is 5.81. The van der Waals surface area contributed by atoms with Crippen molar-refractivity contribution in [2.75, 3.05) is 0 Å². The maximum atomic E-state index is 11.0. The molecule has 0 saturated carbocycles. The van der Waals surface area contributed by atoms with E-state index in [0.717, 1.165) is 10.9 Å². The topological polar surface area (TPSA) is 50.2 Å². The molecule has 0 aliphatic heterocycles. The molecule has 3 nitrogen and oxygen atoms in total. The van der Waals surface area contributed by atoms with E-state index >= 15 is 0 Å². The van der Waals surface area contributed by atoms with Gasteiger partial charge < -0.3 is 5.11 Å². The number of fused-ring (bicyclic) bond motifs is 1. The number of benzene rings is 1. The zero-order chi connectivity index (χ0) is 14.2. The summed E-state index contributed by atoms with van der Waals surface area (Å²) in [7, 11) is 0. The van der Waals surface area contributed by atoms with Crippen molar-refractivity contribution in [1.82, 2.24) is 4.98 Å².